The number of benzene rings is 4. The third-order valence-corrected chi connectivity index (χ3v) is 11.4. The summed E-state index contributed by atoms with van der Waals surface area (Å²) in [5.74, 6) is -1.65. The number of hydrogen-bond acceptors (Lipinski definition) is 3. The molecule has 4 aromatic carbocycles. The Hall–Kier alpha value is -4.94. The number of nitrogens with zero attached hydrogens (tertiary/aromatic N) is 2. The van der Waals surface area contributed by atoms with E-state index in [9.17, 15) is 19.8 Å². The predicted molar refractivity (Wildman–Crippen MR) is 208 cm³/mol. The summed E-state index contributed by atoms with van der Waals surface area (Å²) >= 11 is 7.21. The molecule has 0 aromatic heterocycles. The lowest BCUT2D eigenvalue weighted by Crippen LogP contribution is -2.28. The van der Waals surface area contributed by atoms with Crippen molar-refractivity contribution in [2.75, 3.05) is 18.0 Å². The Morgan fingerprint density at radius 2 is 1.43 bits per heavy atom. The van der Waals surface area contributed by atoms with Gasteiger partial charge in [-0.3, -0.25) is 9.59 Å². The summed E-state index contributed by atoms with van der Waals surface area (Å²) < 4.78 is 2.17. The van der Waals surface area contributed by atoms with Gasteiger partial charge in [0.25, 0.3) is 0 Å². The zero-order valence-corrected chi connectivity index (χ0v) is 30.4. The van der Waals surface area contributed by atoms with Crippen LogP contribution in [0.1, 0.15) is 70.9 Å². The molecule has 3 aliphatic rings. The molecule has 1 aliphatic carbocycles. The molecule has 0 saturated heterocycles. The third kappa shape index (κ3) is 6.10. The van der Waals surface area contributed by atoms with Crippen LogP contribution in [0.15, 0.2) is 119 Å². The molecule has 0 atom stereocenters. The van der Waals surface area contributed by atoms with Gasteiger partial charge in [0.1, 0.15) is 6.42 Å². The van der Waals surface area contributed by atoms with E-state index in [1.165, 1.54) is 21.9 Å². The van der Waals surface area contributed by atoms with Crippen LogP contribution in [-0.4, -0.2) is 45.5 Å². The monoisotopic (exact) mass is 699 g/mol. The minimum absolute atomic E-state index is 0.0319. The van der Waals surface area contributed by atoms with Crippen LogP contribution in [-0.2, 0) is 20.4 Å². The third-order valence-electron chi connectivity index (χ3n) is 10.9. The Morgan fingerprint density at radius 1 is 0.784 bits per heavy atom. The lowest BCUT2D eigenvalue weighted by molar-refractivity contribution is -0.436. The van der Waals surface area contributed by atoms with Crippen molar-refractivity contribution in [3.05, 3.63) is 130 Å². The van der Waals surface area contributed by atoms with Gasteiger partial charge in [0.2, 0.25) is 5.69 Å². The second-order valence-corrected chi connectivity index (χ2v) is 15.2. The number of carboxylic acids is 2. The zero-order valence-electron chi connectivity index (χ0n) is 29.7. The molecule has 2 heterocycles. The maximum Gasteiger partial charge on any atom is 0.309 e. The van der Waals surface area contributed by atoms with Gasteiger partial charge in [-0.05, 0) is 89.6 Å². The first-order valence-corrected chi connectivity index (χ1v) is 18.2. The van der Waals surface area contributed by atoms with Crippen molar-refractivity contribution in [1.82, 2.24) is 0 Å². The molecule has 260 valence electrons. The van der Waals surface area contributed by atoms with Gasteiger partial charge in [0.05, 0.1) is 11.8 Å². The van der Waals surface area contributed by atoms with Crippen molar-refractivity contribution in [3.63, 3.8) is 0 Å². The maximum atomic E-state index is 11.7. The first-order chi connectivity index (χ1) is 24.4. The van der Waals surface area contributed by atoms with Crippen molar-refractivity contribution < 1.29 is 24.4 Å². The number of anilines is 1. The molecule has 0 amide bonds. The largest absolute Gasteiger partial charge is 0.481 e. The second-order valence-electron chi connectivity index (χ2n) is 14.9. The van der Waals surface area contributed by atoms with Gasteiger partial charge in [-0.25, -0.2) is 0 Å². The molecule has 4 aromatic rings. The average Bonchev–Trinajstić information content (AvgIpc) is 3.46. The molecule has 7 heteroatoms. The fourth-order valence-electron chi connectivity index (χ4n) is 8.53. The number of carboxylic acid groups (broad SMARTS) is 2. The van der Waals surface area contributed by atoms with Gasteiger partial charge in [0.15, 0.2) is 12.3 Å². The first kappa shape index (κ1) is 34.5. The highest BCUT2D eigenvalue weighted by Gasteiger charge is 2.46. The van der Waals surface area contributed by atoms with Crippen molar-refractivity contribution in [1.29, 1.82) is 0 Å². The molecular weight excluding hydrogens is 656 g/mol. The topological polar surface area (TPSA) is 80.9 Å². The molecule has 0 unspecified atom stereocenters. The molecule has 2 N–H and O–H groups in total. The van der Waals surface area contributed by atoms with E-state index in [1.54, 1.807) is 0 Å². The number of halogens is 1. The van der Waals surface area contributed by atoms with Crippen LogP contribution in [0.5, 0.6) is 0 Å². The Labute approximate surface area is 304 Å². The van der Waals surface area contributed by atoms with Crippen LogP contribution in [0, 0.1) is 0 Å². The first-order valence-electron chi connectivity index (χ1n) is 17.8. The SMILES string of the molecule is CC1(C)C(/C=C/C2=C(Cl)C(=C\C=C3/N(CCC(=O)O)c4ccc5ccccc5c4C3(C)C)/CCC2)=[N+](CCC(=O)O)c2ccc3ccccc3c21. The molecule has 7 rings (SSSR count). The van der Waals surface area contributed by atoms with E-state index in [2.05, 4.69) is 122 Å². The number of carbonyl (C=O) groups is 2. The minimum atomic E-state index is -0.824. The summed E-state index contributed by atoms with van der Waals surface area (Å²) in [6, 6.07) is 25.2. The maximum absolute atomic E-state index is 11.7. The van der Waals surface area contributed by atoms with Crippen LogP contribution in [0.2, 0.25) is 0 Å². The average molecular weight is 700 g/mol. The molecule has 0 bridgehead atoms. The van der Waals surface area contributed by atoms with Gasteiger partial charge in [-0.15, -0.1) is 0 Å². The van der Waals surface area contributed by atoms with Gasteiger partial charge in [-0.1, -0.05) is 92.2 Å². The lowest BCUT2D eigenvalue weighted by Gasteiger charge is -2.27. The van der Waals surface area contributed by atoms with E-state index in [1.807, 2.05) is 12.1 Å². The van der Waals surface area contributed by atoms with Gasteiger partial charge < -0.3 is 15.1 Å². The highest BCUT2D eigenvalue weighted by Crippen LogP contribution is 2.51. The van der Waals surface area contributed by atoms with Crippen molar-refractivity contribution in [2.45, 2.75) is 70.6 Å². The van der Waals surface area contributed by atoms with E-state index in [4.69, 9.17) is 11.6 Å². The number of rotatable bonds is 9. The normalized spacial score (nSPS) is 19.6. The summed E-state index contributed by atoms with van der Waals surface area (Å²) in [5, 5.41) is 24.7. The molecule has 0 spiro atoms. The molecule has 2 aliphatic heterocycles. The van der Waals surface area contributed by atoms with Crippen molar-refractivity contribution in [3.8, 4) is 0 Å². The van der Waals surface area contributed by atoms with Crippen LogP contribution < -0.4 is 4.90 Å². The van der Waals surface area contributed by atoms with Gasteiger partial charge >= 0.3 is 11.9 Å². The summed E-state index contributed by atoms with van der Waals surface area (Å²) in [6.07, 6.45) is 11.2. The molecule has 0 radical (unpaired) electrons. The second kappa shape index (κ2) is 13.3. The summed E-state index contributed by atoms with van der Waals surface area (Å²) in [6.45, 7) is 9.62. The van der Waals surface area contributed by atoms with Crippen LogP contribution >= 0.6 is 11.6 Å². The fraction of sp³-hybridized carbons (Fsp3) is 0.295. The number of hydrogen-bond donors (Lipinski definition) is 2. The summed E-state index contributed by atoms with van der Waals surface area (Å²) in [5.41, 5.74) is 8.02. The van der Waals surface area contributed by atoms with Crippen molar-refractivity contribution in [2.24, 2.45) is 0 Å². The van der Waals surface area contributed by atoms with Crippen LogP contribution in [0.3, 0.4) is 0 Å². The standard InChI is InChI=1S/C44H43ClN2O4/c1-43(2)36(46(26-24-38(48)49)34-20-16-28-10-5-7-14-32(28)40(34)43)22-18-30-12-9-13-31(42(30)45)19-23-37-44(3,4)41-33-15-8-6-11-29(33)17-21-35(41)47(37)27-25-39(50)51/h5-8,10-11,14-23H,9,12-13,24-27H2,1-4H3,(H-,48,49,50,51)/p+1. The highest BCUT2D eigenvalue weighted by molar-refractivity contribution is 6.32. The summed E-state index contributed by atoms with van der Waals surface area (Å²) in [4.78, 5) is 25.6. The van der Waals surface area contributed by atoms with E-state index in [0.29, 0.717) is 13.1 Å². The highest BCUT2D eigenvalue weighted by atomic mass is 35.5. The van der Waals surface area contributed by atoms with Gasteiger partial charge in [0, 0.05) is 46.1 Å². The summed E-state index contributed by atoms with van der Waals surface area (Å²) in [7, 11) is 0. The molecular formula is C44H44ClN2O4+. The molecule has 0 saturated carbocycles. The predicted octanol–water partition coefficient (Wildman–Crippen LogP) is 10.2. The van der Waals surface area contributed by atoms with E-state index in [-0.39, 0.29) is 23.7 Å². The van der Waals surface area contributed by atoms with Gasteiger partial charge in [-0.2, -0.15) is 4.58 Å². The number of fused-ring (bicyclic) bond motifs is 6. The van der Waals surface area contributed by atoms with Crippen molar-refractivity contribution >= 4 is 62.2 Å². The van der Waals surface area contributed by atoms with E-state index < -0.39 is 11.9 Å². The minimum Gasteiger partial charge on any atom is -0.481 e. The Morgan fingerprint density at radius 3 is 2.12 bits per heavy atom. The smallest absolute Gasteiger partial charge is 0.309 e. The fourth-order valence-corrected chi connectivity index (χ4v) is 8.85. The quantitative estimate of drug-likeness (QED) is 0.170. The number of aliphatic carboxylic acids is 2. The van der Waals surface area contributed by atoms with E-state index in [0.717, 1.165) is 69.0 Å². The van der Waals surface area contributed by atoms with Crippen LogP contribution in [0.25, 0.3) is 21.5 Å². The molecule has 0 fully saturated rings. The molecule has 6 nitrogen and oxygen atoms in total. The number of allylic oxidation sites excluding steroid dienone is 8. The Balaban J connectivity index is 1.27. The van der Waals surface area contributed by atoms with E-state index >= 15 is 0 Å². The van der Waals surface area contributed by atoms with Crippen LogP contribution in [0.4, 0.5) is 11.4 Å². The Bertz CT molecular complexity index is 2270. The zero-order chi connectivity index (χ0) is 36.1. The lowest BCUT2D eigenvalue weighted by atomic mass is 9.78. The Kier molecular flexibility index (Phi) is 9.01. The molecule has 51 heavy (non-hydrogen) atoms.